The normalized spacial score (nSPS) is 20.3. The summed E-state index contributed by atoms with van der Waals surface area (Å²) in [5.74, 6) is -0.0555. The van der Waals surface area contributed by atoms with E-state index in [-0.39, 0.29) is 54.5 Å². The summed E-state index contributed by atoms with van der Waals surface area (Å²) in [4.78, 5) is 75.2. The Morgan fingerprint density at radius 2 is 1.47 bits per heavy atom. The maximum Gasteiger partial charge on any atom is 0.246 e. The highest BCUT2D eigenvalue weighted by atomic mass is 35.5. The first-order valence-corrected chi connectivity index (χ1v) is 27.4. The van der Waals surface area contributed by atoms with Crippen LogP contribution < -0.4 is 20.9 Å². The van der Waals surface area contributed by atoms with Crippen molar-refractivity contribution in [2.75, 3.05) is 50.7 Å². The maximum atomic E-state index is 14.1. The van der Waals surface area contributed by atoms with Gasteiger partial charge in [0.15, 0.2) is 0 Å². The van der Waals surface area contributed by atoms with Gasteiger partial charge in [0, 0.05) is 62.7 Å². The van der Waals surface area contributed by atoms with E-state index in [1.165, 1.54) is 11.2 Å². The molecule has 0 saturated carbocycles. The number of thiazole rings is 1. The number of nitrogens with one attached hydrogen (secondary N) is 3. The Hall–Kier alpha value is -5.00. The van der Waals surface area contributed by atoms with E-state index in [1.54, 1.807) is 11.3 Å². The lowest BCUT2D eigenvalue weighted by molar-refractivity contribution is -0.144. The molecule has 4 aromatic rings. The van der Waals surface area contributed by atoms with Crippen LogP contribution in [0.5, 0.6) is 0 Å². The molecule has 15 nitrogen and oxygen atoms in total. The van der Waals surface area contributed by atoms with Crippen molar-refractivity contribution < 1.29 is 29.4 Å². The number of aliphatic hydroxyl groups is 2. The van der Waals surface area contributed by atoms with Crippen molar-refractivity contribution >= 4 is 52.4 Å². The highest BCUT2D eigenvalue weighted by Gasteiger charge is 2.45. The highest BCUT2D eigenvalue weighted by molar-refractivity contribution is 7.13. The van der Waals surface area contributed by atoms with Crippen LogP contribution in [0.3, 0.4) is 0 Å². The largest absolute Gasteiger partial charge is 0.391 e. The number of anilines is 1. The molecule has 5 N–H and O–H groups in total. The van der Waals surface area contributed by atoms with Gasteiger partial charge in [-0.15, -0.1) is 11.3 Å². The minimum atomic E-state index is -0.857. The van der Waals surface area contributed by atoms with Gasteiger partial charge in [-0.05, 0) is 79.8 Å². The van der Waals surface area contributed by atoms with E-state index < -0.39 is 29.7 Å². The van der Waals surface area contributed by atoms with Gasteiger partial charge in [0.05, 0.1) is 45.9 Å². The Labute approximate surface area is 434 Å². The molecular weight excluding hydrogens is 950 g/mol. The number of likely N-dealkylation sites (tertiary alicyclic amines) is 1. The third-order valence-electron chi connectivity index (χ3n) is 14.7. The van der Waals surface area contributed by atoms with E-state index >= 15 is 0 Å². The lowest BCUT2D eigenvalue weighted by Gasteiger charge is -2.38. The Bertz CT molecular complexity index is 2440. The Balaban J connectivity index is 0.780. The van der Waals surface area contributed by atoms with E-state index in [9.17, 15) is 29.4 Å². The number of carbonyl (C=O) groups is 4. The van der Waals surface area contributed by atoms with Crippen molar-refractivity contribution in [1.82, 2.24) is 40.7 Å². The second kappa shape index (κ2) is 25.3. The van der Waals surface area contributed by atoms with Crippen LogP contribution in [0.1, 0.15) is 157 Å². The first-order valence-electron chi connectivity index (χ1n) is 26.1. The molecule has 2 saturated heterocycles. The van der Waals surface area contributed by atoms with E-state index in [2.05, 4.69) is 42.7 Å². The van der Waals surface area contributed by atoms with Crippen LogP contribution >= 0.6 is 22.9 Å². The third kappa shape index (κ3) is 14.0. The van der Waals surface area contributed by atoms with Gasteiger partial charge in [-0.25, -0.2) is 15.0 Å². The molecule has 2 aromatic heterocycles. The second-order valence-electron chi connectivity index (χ2n) is 21.2. The van der Waals surface area contributed by atoms with Gasteiger partial charge in [-0.1, -0.05) is 114 Å². The number of fused-ring (bicyclic) bond motifs is 1. The maximum absolute atomic E-state index is 14.1. The summed E-state index contributed by atoms with van der Waals surface area (Å²) in [5, 5.41) is 31.4. The number of unbranched alkanes of at least 4 members (excludes halogenated alkanes) is 7. The summed E-state index contributed by atoms with van der Waals surface area (Å²) in [5.41, 5.74) is 6.86. The number of carbonyl (C=O) groups excluding carboxylic acids is 4. The monoisotopic (exact) mass is 1030 g/mol. The lowest BCUT2D eigenvalue weighted by atomic mass is 9.85. The standard InChI is InChI=1S/C55H76ClN9O6S/c1-35-29-45(67)48-47(35)51(59-33-58-48)63-25-27-64(28-26-63)53(70)43(39-20-22-41(56)23-21-39)31-57-24-14-12-10-8-7-9-11-13-15-46(68)62-50(55(4,5)6)54(71)65-32-42(66)30-44(65)52(69)61-36(2)38-16-18-40(19-17-38)49-37(3)60-34-72-49/h16-23,33-36,42-45,50,57,66-67H,7-15,24-32H2,1-6H3,(H,61,69)(H,62,68). The smallest absolute Gasteiger partial charge is 0.246 e. The fraction of sp³-hybridized carbons (Fsp3) is 0.582. The number of rotatable bonds is 22. The van der Waals surface area contributed by atoms with Crippen molar-refractivity contribution in [3.8, 4) is 10.4 Å². The van der Waals surface area contributed by atoms with E-state index in [4.69, 9.17) is 11.6 Å². The first kappa shape index (κ1) is 54.8. The summed E-state index contributed by atoms with van der Waals surface area (Å²) in [6.45, 7) is 15.6. The van der Waals surface area contributed by atoms with Gasteiger partial charge in [0.25, 0.3) is 0 Å². The zero-order valence-electron chi connectivity index (χ0n) is 43.0. The number of hydrogen-bond acceptors (Lipinski definition) is 12. The molecule has 7 atom stereocenters. The molecule has 3 aliphatic rings. The third-order valence-corrected chi connectivity index (χ3v) is 15.9. The predicted molar refractivity (Wildman–Crippen MR) is 284 cm³/mol. The molecule has 4 amide bonds. The van der Waals surface area contributed by atoms with Crippen LogP contribution in [0.15, 0.2) is 60.4 Å². The molecule has 0 bridgehead atoms. The van der Waals surface area contributed by atoms with E-state index in [0.29, 0.717) is 57.0 Å². The molecule has 7 rings (SSSR count). The Morgan fingerprint density at radius 1 is 0.819 bits per heavy atom. The van der Waals surface area contributed by atoms with Gasteiger partial charge in [-0.3, -0.25) is 19.2 Å². The zero-order valence-corrected chi connectivity index (χ0v) is 44.6. The number of hydrogen-bond donors (Lipinski definition) is 5. The van der Waals surface area contributed by atoms with Gasteiger partial charge < -0.3 is 40.9 Å². The van der Waals surface area contributed by atoms with Crippen LogP contribution in [0.25, 0.3) is 10.4 Å². The van der Waals surface area contributed by atoms with Crippen LogP contribution in [0.4, 0.5) is 5.82 Å². The van der Waals surface area contributed by atoms with Gasteiger partial charge in [0.1, 0.15) is 24.2 Å². The highest BCUT2D eigenvalue weighted by Crippen LogP contribution is 2.43. The number of aromatic nitrogens is 3. The van der Waals surface area contributed by atoms with Crippen molar-refractivity contribution in [3.05, 3.63) is 93.5 Å². The van der Waals surface area contributed by atoms with E-state index in [1.807, 2.05) is 93.6 Å². The molecule has 390 valence electrons. The fourth-order valence-corrected chi connectivity index (χ4v) is 11.4. The number of benzene rings is 2. The molecule has 7 unspecified atom stereocenters. The molecule has 4 heterocycles. The lowest BCUT2D eigenvalue weighted by Crippen LogP contribution is -2.57. The summed E-state index contributed by atoms with van der Waals surface area (Å²) in [7, 11) is 0. The summed E-state index contributed by atoms with van der Waals surface area (Å²) < 4.78 is 0. The van der Waals surface area contributed by atoms with E-state index in [0.717, 1.165) is 95.8 Å². The fourth-order valence-electron chi connectivity index (χ4n) is 10.4. The van der Waals surface area contributed by atoms with Crippen molar-refractivity contribution in [3.63, 3.8) is 0 Å². The first-order chi connectivity index (χ1) is 34.5. The number of aliphatic hydroxyl groups excluding tert-OH is 2. The van der Waals surface area contributed by atoms with Crippen LogP contribution in [-0.4, -0.2) is 123 Å². The number of nitrogens with zero attached hydrogens (tertiary/aromatic N) is 6. The number of amides is 4. The van der Waals surface area contributed by atoms with Crippen LogP contribution in [-0.2, 0) is 19.2 Å². The van der Waals surface area contributed by atoms with Crippen LogP contribution in [0, 0.1) is 12.3 Å². The van der Waals surface area contributed by atoms with Crippen LogP contribution in [0.2, 0.25) is 5.02 Å². The molecular formula is C55H76ClN9O6S. The molecule has 0 radical (unpaired) electrons. The number of piperazine rings is 1. The molecule has 2 aromatic carbocycles. The number of β-amino-alcohol motifs (C(OH)–C–C–N with tert-alkyl or cyclic N) is 1. The quantitative estimate of drug-likeness (QED) is 0.0479. The average molecular weight is 1030 g/mol. The zero-order chi connectivity index (χ0) is 51.5. The summed E-state index contributed by atoms with van der Waals surface area (Å²) in [6.07, 6.45) is 9.26. The molecule has 1 aliphatic carbocycles. The summed E-state index contributed by atoms with van der Waals surface area (Å²) >= 11 is 7.82. The van der Waals surface area contributed by atoms with Gasteiger partial charge >= 0.3 is 0 Å². The topological polar surface area (TPSA) is 193 Å². The summed E-state index contributed by atoms with van der Waals surface area (Å²) in [6, 6.07) is 13.6. The molecule has 72 heavy (non-hydrogen) atoms. The number of aryl methyl sites for hydroxylation is 1. The molecule has 2 aliphatic heterocycles. The second-order valence-corrected chi connectivity index (χ2v) is 22.5. The Kier molecular flexibility index (Phi) is 19.2. The van der Waals surface area contributed by atoms with Crippen molar-refractivity contribution in [2.45, 2.75) is 154 Å². The minimum absolute atomic E-state index is 0.0275. The van der Waals surface area contributed by atoms with Gasteiger partial charge in [0.2, 0.25) is 23.6 Å². The molecule has 17 heteroatoms. The minimum Gasteiger partial charge on any atom is -0.391 e. The number of halogens is 1. The predicted octanol–water partition coefficient (Wildman–Crippen LogP) is 8.01. The van der Waals surface area contributed by atoms with Crippen molar-refractivity contribution in [2.24, 2.45) is 5.41 Å². The average Bonchev–Trinajstić information content (AvgIpc) is 4.07. The van der Waals surface area contributed by atoms with Crippen molar-refractivity contribution in [1.29, 1.82) is 0 Å². The molecule has 0 spiro atoms. The molecule has 2 fully saturated rings. The SMILES string of the molecule is Cc1ncsc1-c1ccc(C(C)NC(=O)C2CC(O)CN2C(=O)C(NC(=O)CCCCCCCCCCNCC(C(=O)N2CCN(c3ncnc4c3C(C)CC4O)CC2)c2ccc(Cl)cc2)C(C)(C)C)cc1. The Morgan fingerprint density at radius 3 is 2.12 bits per heavy atom. The van der Waals surface area contributed by atoms with Gasteiger partial charge in [-0.2, -0.15) is 0 Å².